The van der Waals surface area contributed by atoms with E-state index >= 15 is 0 Å². The van der Waals surface area contributed by atoms with Gasteiger partial charge in [-0.3, -0.25) is 9.59 Å². The number of ketones is 2. The van der Waals surface area contributed by atoms with Crippen LogP contribution >= 0.6 is 11.6 Å². The lowest BCUT2D eigenvalue weighted by atomic mass is 9.65. The summed E-state index contributed by atoms with van der Waals surface area (Å²) in [4.78, 5) is 26.7. The molecule has 2 aliphatic rings. The van der Waals surface area contributed by atoms with E-state index in [-0.39, 0.29) is 46.6 Å². The Morgan fingerprint density at radius 3 is 2.37 bits per heavy atom. The Balaban J connectivity index is 1.63. The maximum atomic E-state index is 13.8. The molecule has 1 fully saturated rings. The summed E-state index contributed by atoms with van der Waals surface area (Å²) in [6, 6.07) is 4.84. The lowest BCUT2D eigenvalue weighted by Gasteiger charge is -2.45. The number of halogens is 4. The normalized spacial score (nSPS) is 25.9. The maximum Gasteiger partial charge on any atom is 0.416 e. The molecule has 0 amide bonds. The number of rotatable bonds is 5. The predicted molar refractivity (Wildman–Crippen MR) is 122 cm³/mol. The van der Waals surface area contributed by atoms with Crippen molar-refractivity contribution in [2.24, 2.45) is 17.6 Å². The number of alkyl halides is 3. The quantitative estimate of drug-likeness (QED) is 0.614. The molecule has 1 aliphatic carbocycles. The molecule has 1 spiro atoms. The number of hydrogen-bond acceptors (Lipinski definition) is 7. The van der Waals surface area contributed by atoms with E-state index < -0.39 is 41.0 Å². The lowest BCUT2D eigenvalue weighted by molar-refractivity contribution is -0.137. The third kappa shape index (κ3) is 3.98. The van der Waals surface area contributed by atoms with Crippen LogP contribution < -0.4 is 25.3 Å². The van der Waals surface area contributed by atoms with Crippen LogP contribution in [0.25, 0.3) is 0 Å². The predicted octanol–water partition coefficient (Wildman–Crippen LogP) is 4.35. The van der Waals surface area contributed by atoms with Crippen molar-refractivity contribution < 1.29 is 37.0 Å². The molecule has 35 heavy (non-hydrogen) atoms. The number of methoxy groups -OCH3 is 2. The fourth-order valence-corrected chi connectivity index (χ4v) is 5.11. The molecule has 0 bridgehead atoms. The summed E-state index contributed by atoms with van der Waals surface area (Å²) in [5, 5.41) is 3.04. The van der Waals surface area contributed by atoms with Crippen molar-refractivity contribution in [3.8, 4) is 17.2 Å². The summed E-state index contributed by atoms with van der Waals surface area (Å²) in [7, 11) is 2.81. The monoisotopic (exact) mass is 512 g/mol. The first kappa shape index (κ1) is 25.1. The van der Waals surface area contributed by atoms with E-state index in [0.29, 0.717) is 5.69 Å². The molecule has 1 heterocycles. The third-order valence-electron chi connectivity index (χ3n) is 6.76. The molecule has 7 nitrogen and oxygen atoms in total. The zero-order valence-electron chi connectivity index (χ0n) is 19.2. The molecule has 2 aromatic rings. The van der Waals surface area contributed by atoms with E-state index in [2.05, 4.69) is 5.32 Å². The van der Waals surface area contributed by atoms with Crippen LogP contribution in [0.2, 0.25) is 5.02 Å². The molecule has 0 radical (unpaired) electrons. The van der Waals surface area contributed by atoms with Gasteiger partial charge in [-0.05, 0) is 24.3 Å². The van der Waals surface area contributed by atoms with Crippen molar-refractivity contribution in [1.82, 2.24) is 0 Å². The summed E-state index contributed by atoms with van der Waals surface area (Å²) in [5.74, 6) is -1.50. The highest BCUT2D eigenvalue weighted by Crippen LogP contribution is 2.54. The summed E-state index contributed by atoms with van der Waals surface area (Å²) in [5.41, 5.74) is 4.70. The van der Waals surface area contributed by atoms with E-state index in [9.17, 15) is 22.8 Å². The molecule has 3 N–H and O–H groups in total. The number of carbonyl (C=O) groups is 2. The van der Waals surface area contributed by atoms with Gasteiger partial charge in [0.05, 0.1) is 31.7 Å². The van der Waals surface area contributed by atoms with Gasteiger partial charge in [0.2, 0.25) is 5.78 Å². The van der Waals surface area contributed by atoms with Gasteiger partial charge in [-0.25, -0.2) is 0 Å². The Kier molecular flexibility index (Phi) is 6.39. The van der Waals surface area contributed by atoms with Crippen molar-refractivity contribution in [3.05, 3.63) is 46.5 Å². The Labute approximate surface area is 204 Å². The summed E-state index contributed by atoms with van der Waals surface area (Å²) in [6.07, 6.45) is -4.44. The molecule has 1 saturated carbocycles. The average Bonchev–Trinajstić information content (AvgIpc) is 3.13. The number of nitrogens with one attached hydrogen (secondary N) is 1. The van der Waals surface area contributed by atoms with Gasteiger partial charge in [0, 0.05) is 30.6 Å². The van der Waals surface area contributed by atoms with Gasteiger partial charge in [-0.2, -0.15) is 13.2 Å². The minimum atomic E-state index is -4.46. The number of ether oxygens (including phenoxy) is 3. The second-order valence-electron chi connectivity index (χ2n) is 8.68. The first-order valence-electron chi connectivity index (χ1n) is 10.8. The topological polar surface area (TPSA) is 99.9 Å². The van der Waals surface area contributed by atoms with Gasteiger partial charge < -0.3 is 25.3 Å². The van der Waals surface area contributed by atoms with Crippen molar-refractivity contribution in [1.29, 1.82) is 0 Å². The number of fused-ring (bicyclic) bond motifs is 1. The summed E-state index contributed by atoms with van der Waals surface area (Å²) < 4.78 is 55.3. The molecule has 188 valence electrons. The number of nitrogens with two attached hydrogens (primary N) is 1. The molecule has 1 aliphatic heterocycles. The number of Topliss-reactive ketones (excluding diaryl/α,β-unsaturated/α-hetero) is 2. The minimum absolute atomic E-state index is 0.001000. The first-order valence-corrected chi connectivity index (χ1v) is 11.2. The smallest absolute Gasteiger partial charge is 0.416 e. The Morgan fingerprint density at radius 1 is 1.17 bits per heavy atom. The van der Waals surface area contributed by atoms with Crippen LogP contribution in [-0.2, 0) is 11.0 Å². The molecule has 2 unspecified atom stereocenters. The largest absolute Gasteiger partial charge is 0.496 e. The fraction of sp³-hybridized carbons (Fsp3) is 0.417. The fourth-order valence-electron chi connectivity index (χ4n) is 4.84. The Bertz CT molecular complexity index is 1170. The summed E-state index contributed by atoms with van der Waals surface area (Å²) >= 11 is 6.44. The van der Waals surface area contributed by atoms with Crippen LogP contribution in [-0.4, -0.2) is 44.0 Å². The van der Waals surface area contributed by atoms with Gasteiger partial charge in [0.1, 0.15) is 27.9 Å². The molecular weight excluding hydrogens is 489 g/mol. The van der Waals surface area contributed by atoms with Crippen LogP contribution in [0.4, 0.5) is 18.9 Å². The van der Waals surface area contributed by atoms with Gasteiger partial charge in [-0.15, -0.1) is 0 Å². The van der Waals surface area contributed by atoms with Crippen LogP contribution in [0.5, 0.6) is 17.2 Å². The van der Waals surface area contributed by atoms with E-state index in [1.165, 1.54) is 32.4 Å². The zero-order valence-corrected chi connectivity index (χ0v) is 19.9. The van der Waals surface area contributed by atoms with Crippen molar-refractivity contribution in [3.63, 3.8) is 0 Å². The SMILES string of the molecule is COc1cc(OC)c2c(c1Cl)O[C@]1(C2=O)C(N)C(CNc2ccc(C(F)(F)F)cc2)C(=O)C[C@H]1C. The highest BCUT2D eigenvalue weighted by Gasteiger charge is 2.63. The Morgan fingerprint density at radius 2 is 1.80 bits per heavy atom. The van der Waals surface area contributed by atoms with Crippen molar-refractivity contribution >= 4 is 28.9 Å². The number of anilines is 1. The average molecular weight is 513 g/mol. The molecule has 4 rings (SSSR count). The standard InChI is InChI=1S/C24H24ClF3N2O5/c1-11-8-15(31)14(10-30-13-6-4-12(5-7-13)24(26,27)28)21(29)23(11)22(32)18-16(33-2)9-17(34-3)19(25)20(18)35-23/h4-7,9,11,14,21,30H,8,10,29H2,1-3H3/t11-,14?,21?,23+/m1/s1. The van der Waals surface area contributed by atoms with E-state index in [1.54, 1.807) is 6.92 Å². The molecule has 2 aromatic carbocycles. The van der Waals surface area contributed by atoms with Crippen LogP contribution in [0, 0.1) is 11.8 Å². The number of benzene rings is 2. The molecule has 0 aromatic heterocycles. The maximum absolute atomic E-state index is 13.8. The first-order chi connectivity index (χ1) is 16.4. The molecule has 0 saturated heterocycles. The second kappa shape index (κ2) is 8.91. The lowest BCUT2D eigenvalue weighted by Crippen LogP contribution is -2.67. The van der Waals surface area contributed by atoms with E-state index in [4.69, 9.17) is 31.5 Å². The highest BCUT2D eigenvalue weighted by atomic mass is 35.5. The Hall–Kier alpha value is -2.98. The molecular formula is C24H24ClF3N2O5. The second-order valence-corrected chi connectivity index (χ2v) is 9.06. The van der Waals surface area contributed by atoms with Gasteiger partial charge in [0.15, 0.2) is 11.4 Å². The molecule has 11 heteroatoms. The summed E-state index contributed by atoms with van der Waals surface area (Å²) in [6.45, 7) is 1.71. The van der Waals surface area contributed by atoms with E-state index in [0.717, 1.165) is 12.1 Å². The highest BCUT2D eigenvalue weighted by molar-refractivity contribution is 6.35. The van der Waals surface area contributed by atoms with Crippen LogP contribution in [0.3, 0.4) is 0 Å². The van der Waals surface area contributed by atoms with Crippen LogP contribution in [0.1, 0.15) is 29.3 Å². The number of hydrogen-bond donors (Lipinski definition) is 2. The zero-order chi connectivity index (χ0) is 25.7. The van der Waals surface area contributed by atoms with Gasteiger partial charge >= 0.3 is 6.18 Å². The van der Waals surface area contributed by atoms with Crippen LogP contribution in [0.15, 0.2) is 30.3 Å². The molecule has 4 atom stereocenters. The third-order valence-corrected chi connectivity index (χ3v) is 7.12. The van der Waals surface area contributed by atoms with Crippen molar-refractivity contribution in [2.75, 3.05) is 26.1 Å². The van der Waals surface area contributed by atoms with Gasteiger partial charge in [0.25, 0.3) is 0 Å². The van der Waals surface area contributed by atoms with Gasteiger partial charge in [-0.1, -0.05) is 18.5 Å². The minimum Gasteiger partial charge on any atom is -0.496 e. The van der Waals surface area contributed by atoms with E-state index in [1.807, 2.05) is 0 Å². The van der Waals surface area contributed by atoms with Crippen molar-refractivity contribution in [2.45, 2.75) is 31.2 Å². The number of carbonyl (C=O) groups excluding carboxylic acids is 2.